The Bertz CT molecular complexity index is 3470. The molecule has 25 nitrogen and oxygen atoms in total. The summed E-state index contributed by atoms with van der Waals surface area (Å²) in [7, 11) is -24.5. The van der Waals surface area contributed by atoms with E-state index in [-0.39, 0.29) is 76.7 Å². The summed E-state index contributed by atoms with van der Waals surface area (Å²) in [6, 6.07) is 2.02. The molecule has 0 spiro atoms. The number of halogens is 6. The molecule has 0 aromatic rings. The highest BCUT2D eigenvalue weighted by atomic mass is 32.2. The van der Waals surface area contributed by atoms with Crippen molar-refractivity contribution in [2.75, 3.05) is 17.3 Å². The van der Waals surface area contributed by atoms with Gasteiger partial charge in [0.25, 0.3) is 60.7 Å². The molecule has 0 aromatic heterocycles. The highest BCUT2D eigenvalue weighted by Gasteiger charge is 2.83. The summed E-state index contributed by atoms with van der Waals surface area (Å²) < 4.78 is 281. The Labute approximate surface area is 495 Å². The maximum absolute atomic E-state index is 13.0. The van der Waals surface area contributed by atoms with E-state index in [4.69, 9.17) is 40.9 Å². The number of rotatable bonds is 0. The lowest BCUT2D eigenvalue weighted by Crippen LogP contribution is -2.56. The van der Waals surface area contributed by atoms with Crippen LogP contribution < -0.4 is 0 Å². The predicted octanol–water partition coefficient (Wildman–Crippen LogP) is 2.36. The molecule has 10 bridgehead atoms. The Kier molecular flexibility index (Phi) is 16.4. The fourth-order valence-electron chi connectivity index (χ4n) is 16.1. The topological polar surface area (TPSA) is 355 Å². The maximum Gasteiger partial charge on any atom is 0.413 e. The zero-order valence-corrected chi connectivity index (χ0v) is 52.6. The molecule has 0 aromatic carbocycles. The van der Waals surface area contributed by atoms with Crippen LogP contribution in [0.15, 0.2) is 0 Å². The molecule has 17 aliphatic rings. The summed E-state index contributed by atoms with van der Waals surface area (Å²) in [6.45, 7) is 12.9. The average Bonchev–Trinajstić information content (AvgIpc) is 1.52. The van der Waals surface area contributed by atoms with Crippen molar-refractivity contribution in [2.45, 2.75) is 211 Å². The number of nitriles is 1. The molecule has 15 saturated heterocycles. The van der Waals surface area contributed by atoms with Gasteiger partial charge in [-0.15, -0.1) is 0 Å². The normalized spacial score (nSPS) is 52.5. The summed E-state index contributed by atoms with van der Waals surface area (Å²) in [5.74, 6) is -0.296. The second-order valence-corrected chi connectivity index (χ2v) is 38.6. The number of nitrogens with zero attached hydrogens (tertiary/aromatic N) is 1. The molecule has 15 aliphatic heterocycles. The lowest BCUT2D eigenvalue weighted by Gasteiger charge is -2.29. The number of hydrogen-bond donors (Lipinski definition) is 0. The van der Waals surface area contributed by atoms with Gasteiger partial charge in [-0.2, -0.15) is 82.1 Å². The predicted molar refractivity (Wildman–Crippen MR) is 279 cm³/mol. The molecule has 86 heavy (non-hydrogen) atoms. The average molecular weight is 1380 g/mol. The molecular weight excluding hydrogens is 1310 g/mol. The first-order valence-corrected chi connectivity index (χ1v) is 39.0. The molecule has 0 N–H and O–H groups in total. The molecular formula is C48H67F6NO24S7. The van der Waals surface area contributed by atoms with E-state index in [0.717, 1.165) is 19.3 Å². The Balaban J connectivity index is 0.000000106. The van der Waals surface area contributed by atoms with Crippen LogP contribution in [0.25, 0.3) is 0 Å². The summed E-state index contributed by atoms with van der Waals surface area (Å²) in [6.07, 6.45) is -13.1. The van der Waals surface area contributed by atoms with Crippen molar-refractivity contribution < 1.29 is 129 Å². The van der Waals surface area contributed by atoms with Crippen LogP contribution in [0.4, 0.5) is 26.3 Å². The van der Waals surface area contributed by atoms with E-state index in [1.165, 1.54) is 6.92 Å². The van der Waals surface area contributed by atoms with Gasteiger partial charge in [0.15, 0.2) is 9.84 Å². The molecule has 17 rings (SSSR count). The first-order valence-electron chi connectivity index (χ1n) is 28.3. The zero-order chi connectivity index (χ0) is 63.3. The molecule has 0 radical (unpaired) electrons. The number of hydrogen-bond acceptors (Lipinski definition) is 25. The van der Waals surface area contributed by atoms with Crippen molar-refractivity contribution in [2.24, 2.45) is 59.2 Å². The third-order valence-electron chi connectivity index (χ3n) is 20.6. The first kappa shape index (κ1) is 65.8. The fourth-order valence-corrected chi connectivity index (χ4v) is 28.7. The highest BCUT2D eigenvalue weighted by Crippen LogP contribution is 2.63. The lowest BCUT2D eigenvalue weighted by atomic mass is 9.80. The fraction of sp³-hybridized carbons (Fsp3) is 0.979. The van der Waals surface area contributed by atoms with Gasteiger partial charge in [0, 0.05) is 36.0 Å². The minimum Gasteiger partial charge on any atom is -0.370 e. The summed E-state index contributed by atoms with van der Waals surface area (Å²) in [5, 5.41) is 6.07. The molecule has 38 heteroatoms. The molecule has 0 amide bonds. The number of alkyl halides is 6. The van der Waals surface area contributed by atoms with Gasteiger partial charge < -0.3 is 18.9 Å². The Morgan fingerprint density at radius 2 is 1.03 bits per heavy atom. The second-order valence-electron chi connectivity index (χ2n) is 25.8. The van der Waals surface area contributed by atoms with Crippen LogP contribution in [0.5, 0.6) is 0 Å². The Morgan fingerprint density at radius 1 is 0.488 bits per heavy atom. The van der Waals surface area contributed by atoms with Crippen molar-refractivity contribution in [1.29, 1.82) is 5.26 Å². The summed E-state index contributed by atoms with van der Waals surface area (Å²) in [4.78, 5) is 0. The highest BCUT2D eigenvalue weighted by molar-refractivity contribution is 7.91. The molecule has 2 saturated carbocycles. The summed E-state index contributed by atoms with van der Waals surface area (Å²) in [5.41, 5.74) is 0. The van der Waals surface area contributed by atoms with E-state index in [9.17, 15) is 85.3 Å². The van der Waals surface area contributed by atoms with Crippen molar-refractivity contribution in [3.8, 4) is 6.07 Å². The molecule has 2 aliphatic carbocycles. The smallest absolute Gasteiger partial charge is 0.370 e. The zero-order valence-electron chi connectivity index (χ0n) is 46.9. The van der Waals surface area contributed by atoms with E-state index < -0.39 is 165 Å². The molecule has 29 atom stereocenters. The van der Waals surface area contributed by atoms with Crippen molar-refractivity contribution in [3.05, 3.63) is 0 Å². The van der Waals surface area contributed by atoms with Gasteiger partial charge >= 0.3 is 12.4 Å². The van der Waals surface area contributed by atoms with Crippen LogP contribution in [0.3, 0.4) is 0 Å². The van der Waals surface area contributed by atoms with E-state index in [1.807, 2.05) is 26.8 Å². The quantitative estimate of drug-likeness (QED) is 0.248. The van der Waals surface area contributed by atoms with E-state index in [2.05, 4.69) is 15.3 Å². The van der Waals surface area contributed by atoms with E-state index in [1.54, 1.807) is 13.8 Å². The number of sulfone groups is 1. The van der Waals surface area contributed by atoms with Crippen LogP contribution in [0, 0.1) is 70.5 Å². The molecule has 15 heterocycles. The lowest BCUT2D eigenvalue weighted by molar-refractivity contribution is -0.189. The van der Waals surface area contributed by atoms with Crippen LogP contribution in [-0.4, -0.2) is 200 Å². The van der Waals surface area contributed by atoms with Gasteiger partial charge in [-0.3, -0.25) is 25.1 Å². The monoisotopic (exact) mass is 1380 g/mol. The van der Waals surface area contributed by atoms with Crippen LogP contribution in [0.2, 0.25) is 0 Å². The molecule has 492 valence electrons. The van der Waals surface area contributed by atoms with E-state index in [0.29, 0.717) is 48.0 Å². The Morgan fingerprint density at radius 3 is 1.50 bits per heavy atom. The standard InChI is InChI=1S/2C8H9F3O4S.C8H9NO4S.C8H12O3S.C7H10O4S.C5H10O2S.C4H8O3S/c1-3-4-2-7(8(9,10)11)6(14-4)5(3)15-16(7,12)13;1-2-4-3(8(9,10)11)7-6(14-4)5(2)15-16(7,12)13;1-3-5-4(2-9)8-7(12-5)6(3)13-14(8,10)11;1-4-5-2-6-7(3-5)12(9,10)11-8(4)6;1-3-4-2-5-7(10-4)6(3)11-12(5,8)9;1-5-2-3-8(6,7)4-5;1-4-2-3-8(5,6)7-4/h3-6H,2H2,1H3;2-7H,1H3;3-8H,1H3;4-8H,2-3H2,1H3;3-7H,2H2,1H3;5H,2-4H2,1H3;4H,2-3H2,1H3. The number of fused-ring (bicyclic) bond motifs is 5. The van der Waals surface area contributed by atoms with Crippen molar-refractivity contribution in [3.63, 3.8) is 0 Å². The first-order chi connectivity index (χ1) is 39.4. The SMILES string of the molecule is CC1C2CC3(C(F)(F)F)C(O2)C1OS3(=O)=O.CC1C2CC3C(O2)C1OS3(=O)=O.CC1C2CC3C1OS(=O)(=O)C3C2.CC1C2OC3C1OS(=O)(=O)C3C2C#N.CC1C2OS(=O)(=O)C3C2OC1C3C(F)(F)F.CC1CCS(=O)(=O)C1.CC1CCS(=O)(=O)O1. The van der Waals surface area contributed by atoms with Gasteiger partial charge in [0.05, 0.1) is 71.1 Å². The Hall–Kier alpha value is -1.68. The van der Waals surface area contributed by atoms with Gasteiger partial charge in [-0.05, 0) is 56.8 Å². The van der Waals surface area contributed by atoms with Gasteiger partial charge in [-0.1, -0.05) is 41.5 Å². The summed E-state index contributed by atoms with van der Waals surface area (Å²) >= 11 is 0. The second kappa shape index (κ2) is 21.4. The van der Waals surface area contributed by atoms with Crippen LogP contribution in [-0.2, 0) is 115 Å². The van der Waals surface area contributed by atoms with Crippen LogP contribution in [0.1, 0.15) is 87.0 Å². The van der Waals surface area contributed by atoms with E-state index >= 15 is 0 Å². The molecule has 29 unspecified atom stereocenters. The van der Waals surface area contributed by atoms with Crippen molar-refractivity contribution >= 4 is 70.5 Å². The van der Waals surface area contributed by atoms with Crippen molar-refractivity contribution in [1.82, 2.24) is 0 Å². The maximum atomic E-state index is 13.0. The third-order valence-corrected chi connectivity index (χ3v) is 32.8. The van der Waals surface area contributed by atoms with Gasteiger partial charge in [0.1, 0.15) is 70.5 Å². The number of ether oxygens (including phenoxy) is 4. The van der Waals surface area contributed by atoms with Crippen LogP contribution >= 0.6 is 0 Å². The largest absolute Gasteiger partial charge is 0.413 e. The third kappa shape index (κ3) is 10.6. The van der Waals surface area contributed by atoms with Gasteiger partial charge in [-0.25, -0.2) is 8.42 Å². The minimum atomic E-state index is -4.85. The minimum absolute atomic E-state index is 0.00169. The van der Waals surface area contributed by atoms with Gasteiger partial charge in [0.2, 0.25) is 4.75 Å². The molecule has 17 fully saturated rings.